The molecule has 0 unspecified atom stereocenters. The van der Waals surface area contributed by atoms with Crippen molar-refractivity contribution in [3.05, 3.63) is 167 Å². The molecule has 5 aromatic carbocycles. The maximum Gasteiger partial charge on any atom is 0.261 e. The number of aliphatic hydroxyl groups is 1. The fraction of sp³-hybridized carbons (Fsp3) is 0.353. The Hall–Kier alpha value is -5.15. The van der Waals surface area contributed by atoms with Crippen molar-refractivity contribution in [3.8, 4) is 0 Å². The van der Waals surface area contributed by atoms with E-state index in [1.165, 1.54) is 10.4 Å². The van der Waals surface area contributed by atoms with Crippen LogP contribution >= 0.6 is 0 Å². The molecular weight excluding hydrogens is 749 g/mol. The van der Waals surface area contributed by atoms with Gasteiger partial charge in [0.15, 0.2) is 0 Å². The van der Waals surface area contributed by atoms with Gasteiger partial charge in [0.2, 0.25) is 0 Å². The largest absolute Gasteiger partial charge is 0.406 e. The van der Waals surface area contributed by atoms with Gasteiger partial charge in [-0.05, 0) is 85.3 Å². The van der Waals surface area contributed by atoms with Gasteiger partial charge in [0.05, 0.1) is 18.8 Å². The van der Waals surface area contributed by atoms with E-state index in [1.54, 1.807) is 17.0 Å². The zero-order valence-electron chi connectivity index (χ0n) is 36.2. The third kappa shape index (κ3) is 10.4. The molecule has 0 radical (unpaired) electrons. The zero-order valence-corrected chi connectivity index (χ0v) is 37.2. The second kappa shape index (κ2) is 19.3. The smallest absolute Gasteiger partial charge is 0.261 e. The van der Waals surface area contributed by atoms with Crippen molar-refractivity contribution >= 4 is 36.3 Å². The van der Waals surface area contributed by atoms with Crippen molar-refractivity contribution in [1.82, 2.24) is 9.80 Å². The molecule has 59 heavy (non-hydrogen) atoms. The van der Waals surface area contributed by atoms with E-state index in [4.69, 9.17) is 4.43 Å². The van der Waals surface area contributed by atoms with Gasteiger partial charge in [-0.25, -0.2) is 0 Å². The van der Waals surface area contributed by atoms with Crippen LogP contribution in [0.3, 0.4) is 0 Å². The van der Waals surface area contributed by atoms with Gasteiger partial charge in [0.25, 0.3) is 20.1 Å². The number of aliphatic hydroxyl groups excluding tert-OH is 1. The van der Waals surface area contributed by atoms with E-state index >= 15 is 0 Å². The lowest BCUT2D eigenvalue weighted by Gasteiger charge is -2.44. The van der Waals surface area contributed by atoms with E-state index in [1.807, 2.05) is 118 Å². The van der Waals surface area contributed by atoms with Gasteiger partial charge in [-0.1, -0.05) is 148 Å². The van der Waals surface area contributed by atoms with Gasteiger partial charge in [-0.2, -0.15) is 0 Å². The zero-order chi connectivity index (χ0) is 42.8. The van der Waals surface area contributed by atoms with Gasteiger partial charge in [0, 0.05) is 42.6 Å². The second-order valence-electron chi connectivity index (χ2n) is 17.8. The fourth-order valence-electron chi connectivity index (χ4n) is 8.23. The number of Topliss-reactive ketones (excluding diaryl/α,β-unsaturated/α-hetero) is 1. The van der Waals surface area contributed by atoms with Crippen LogP contribution in [0.25, 0.3) is 0 Å². The number of carbonyl (C=O) groups is 3. The molecule has 0 aliphatic rings. The monoisotopic (exact) mass is 810 g/mol. The first kappa shape index (κ1) is 44.9. The first-order valence-electron chi connectivity index (χ1n) is 20.7. The van der Waals surface area contributed by atoms with E-state index in [0.717, 1.165) is 11.1 Å². The molecular formula is C51H62N2O5Si. The molecule has 0 heterocycles. The van der Waals surface area contributed by atoms with E-state index in [9.17, 15) is 19.5 Å². The maximum atomic E-state index is 14.6. The lowest BCUT2D eigenvalue weighted by Crippen LogP contribution is -2.67. The normalized spacial score (nSPS) is 12.2. The lowest BCUT2D eigenvalue weighted by molar-refractivity contribution is -0.118. The summed E-state index contributed by atoms with van der Waals surface area (Å²) in [5.41, 5.74) is 2.18. The van der Waals surface area contributed by atoms with Crippen LogP contribution < -0.4 is 10.4 Å². The minimum absolute atomic E-state index is 0.0325. The summed E-state index contributed by atoms with van der Waals surface area (Å²) in [6, 6.07) is 45.5. The number of hydrogen-bond acceptors (Lipinski definition) is 5. The van der Waals surface area contributed by atoms with Gasteiger partial charge >= 0.3 is 0 Å². The summed E-state index contributed by atoms with van der Waals surface area (Å²) in [5.74, 6) is -0.379. The van der Waals surface area contributed by atoms with Crippen molar-refractivity contribution in [1.29, 1.82) is 0 Å². The highest BCUT2D eigenvalue weighted by molar-refractivity contribution is 6.99. The summed E-state index contributed by atoms with van der Waals surface area (Å²) >= 11 is 0. The highest BCUT2D eigenvalue weighted by atomic mass is 28.4. The molecule has 7 nitrogen and oxygen atoms in total. The molecule has 0 bridgehead atoms. The van der Waals surface area contributed by atoms with E-state index in [0.29, 0.717) is 36.3 Å². The minimum Gasteiger partial charge on any atom is -0.406 e. The van der Waals surface area contributed by atoms with Gasteiger partial charge in [-0.15, -0.1) is 0 Å². The van der Waals surface area contributed by atoms with Crippen LogP contribution in [0.2, 0.25) is 5.04 Å². The average Bonchev–Trinajstić information content (AvgIpc) is 3.22. The first-order chi connectivity index (χ1) is 28.0. The van der Waals surface area contributed by atoms with Crippen LogP contribution in [0.15, 0.2) is 140 Å². The first-order valence-corrected chi connectivity index (χ1v) is 22.7. The summed E-state index contributed by atoms with van der Waals surface area (Å²) in [5, 5.41) is 12.2. The quantitative estimate of drug-likeness (QED) is 0.0952. The highest BCUT2D eigenvalue weighted by Gasteiger charge is 2.50. The lowest BCUT2D eigenvalue weighted by atomic mass is 9.90. The Labute approximate surface area is 353 Å². The summed E-state index contributed by atoms with van der Waals surface area (Å²) in [6.45, 7) is 17.5. The molecule has 0 fully saturated rings. The minimum atomic E-state index is -2.82. The number of rotatable bonds is 17. The molecule has 0 saturated heterocycles. The van der Waals surface area contributed by atoms with Crippen LogP contribution in [0.5, 0.6) is 0 Å². The third-order valence-corrected chi connectivity index (χ3v) is 16.4. The summed E-state index contributed by atoms with van der Waals surface area (Å²) in [7, 11) is -2.82. The Balaban J connectivity index is 1.33. The highest BCUT2D eigenvalue weighted by Crippen LogP contribution is 2.37. The van der Waals surface area contributed by atoms with E-state index in [-0.39, 0.29) is 48.6 Å². The van der Waals surface area contributed by atoms with Gasteiger partial charge < -0.3 is 19.3 Å². The molecule has 0 saturated carbocycles. The third-order valence-electron chi connectivity index (χ3n) is 11.4. The number of amides is 2. The van der Waals surface area contributed by atoms with Crippen molar-refractivity contribution in [2.75, 3.05) is 26.3 Å². The average molecular weight is 811 g/mol. The van der Waals surface area contributed by atoms with Crippen LogP contribution in [-0.2, 0) is 27.6 Å². The van der Waals surface area contributed by atoms with Crippen molar-refractivity contribution in [2.45, 2.75) is 90.8 Å². The number of hydrogen-bond donors (Lipinski definition) is 1. The van der Waals surface area contributed by atoms with E-state index < -0.39 is 19.4 Å². The number of ketones is 1. The van der Waals surface area contributed by atoms with Crippen LogP contribution in [0.1, 0.15) is 99.2 Å². The van der Waals surface area contributed by atoms with Gasteiger partial charge in [0.1, 0.15) is 5.78 Å². The Morgan fingerprint density at radius 1 is 0.576 bits per heavy atom. The predicted octanol–water partition coefficient (Wildman–Crippen LogP) is 8.62. The molecule has 1 N–H and O–H groups in total. The van der Waals surface area contributed by atoms with E-state index in [2.05, 4.69) is 69.3 Å². The maximum absolute atomic E-state index is 14.6. The Bertz CT molecular complexity index is 2120. The van der Waals surface area contributed by atoms with Crippen LogP contribution in [0, 0.1) is 0 Å². The number of nitrogens with zero attached hydrogens (tertiary/aromatic N) is 2. The van der Waals surface area contributed by atoms with Crippen molar-refractivity contribution < 1.29 is 23.9 Å². The summed E-state index contributed by atoms with van der Waals surface area (Å²) < 4.78 is 7.20. The second-order valence-corrected chi connectivity index (χ2v) is 22.1. The van der Waals surface area contributed by atoms with Crippen LogP contribution in [0.4, 0.5) is 0 Å². The molecule has 0 aromatic heterocycles. The van der Waals surface area contributed by atoms with Crippen LogP contribution in [-0.4, -0.2) is 72.7 Å². The Morgan fingerprint density at radius 2 is 1.03 bits per heavy atom. The summed E-state index contributed by atoms with van der Waals surface area (Å²) in [6.07, 6.45) is 0.657. The molecule has 310 valence electrons. The predicted molar refractivity (Wildman–Crippen MR) is 242 cm³/mol. The molecule has 5 aromatic rings. The summed E-state index contributed by atoms with van der Waals surface area (Å²) in [4.78, 5) is 46.1. The van der Waals surface area contributed by atoms with Crippen molar-refractivity contribution in [2.24, 2.45) is 0 Å². The molecule has 2 amide bonds. The number of benzene rings is 5. The number of aryl methyl sites for hydroxylation is 1. The standard InChI is InChI=1S/C51H62N2O5Si/c1-49(2,3)52(35-37-58-59(50(4,5)6,43-26-14-10-15-27-43)44-28-16-11-17-29-44)47(56)45-30-20-18-22-39(45)32-33-42(55)38-40-23-19-21-31-46(40)48(57)53(34-36-54)51(7,8)41-24-12-9-13-25-41/h9-31,54H,32-38H2,1-8H3. The molecule has 0 aliphatic carbocycles. The van der Waals surface area contributed by atoms with Gasteiger partial charge in [-0.3, -0.25) is 14.4 Å². The fourth-order valence-corrected chi connectivity index (χ4v) is 12.8. The van der Waals surface area contributed by atoms with Crippen molar-refractivity contribution in [3.63, 3.8) is 0 Å². The molecule has 5 rings (SSSR count). The topological polar surface area (TPSA) is 87.2 Å². The Kier molecular flexibility index (Phi) is 14.7. The molecule has 8 heteroatoms. The molecule has 0 atom stereocenters. The molecule has 0 aliphatic heterocycles. The molecule has 0 spiro atoms. The Morgan fingerprint density at radius 3 is 1.54 bits per heavy atom. The number of carbonyl (C=O) groups excluding carboxylic acids is 3. The SMILES string of the molecule is CC(C)(C)N(CCO[Si](c1ccccc1)(c1ccccc1)C(C)(C)C)C(=O)c1ccccc1CCC(=O)Cc1ccccc1C(=O)N(CCO)C(C)(C)c1ccccc1.